The van der Waals surface area contributed by atoms with Gasteiger partial charge in [0.25, 0.3) is 0 Å². The Balaban J connectivity index is 0.00000320. The maximum absolute atomic E-state index is 15.6. The van der Waals surface area contributed by atoms with Crippen LogP contribution in [0.25, 0.3) is 16.6 Å². The SMILES string of the molecule is CC(C)(CO)Cn1cc(-n2c(C3CC3)c(Sc3cccc(C(=O)O)c3F)c3ccc(Cl)c(F)c32)cn1.[NaH]. The standard InChI is InChI=1S/C26H24ClF2N3O3S.Na.H/c1-26(2,13-33)12-31-11-15(10-30-31)32-22(14-6-7-14)24(17-8-9-18(27)21(29)23(17)32)36-19-5-3-4-16(20(19)28)25(34)35;;/h3-5,8-11,14,33H,6-7,12-13H2,1-2H3,(H,34,35);;. The van der Waals surface area contributed by atoms with Crippen LogP contribution in [-0.4, -0.2) is 66.7 Å². The van der Waals surface area contributed by atoms with Crippen molar-refractivity contribution in [2.45, 2.75) is 48.9 Å². The van der Waals surface area contributed by atoms with E-state index in [1.54, 1.807) is 27.7 Å². The second-order valence-corrected chi connectivity index (χ2v) is 11.3. The van der Waals surface area contributed by atoms with E-state index in [1.807, 2.05) is 13.8 Å². The van der Waals surface area contributed by atoms with Gasteiger partial charge in [0.05, 0.1) is 28.0 Å². The zero-order valence-electron chi connectivity index (χ0n) is 19.6. The molecule has 0 amide bonds. The molecule has 6 nitrogen and oxygen atoms in total. The third-order valence-corrected chi connectivity index (χ3v) is 7.74. The van der Waals surface area contributed by atoms with Crippen molar-refractivity contribution in [3.63, 3.8) is 0 Å². The van der Waals surface area contributed by atoms with Crippen LogP contribution in [0.4, 0.5) is 8.78 Å². The van der Waals surface area contributed by atoms with Crippen LogP contribution in [0.3, 0.4) is 0 Å². The number of aromatic nitrogens is 3. The summed E-state index contributed by atoms with van der Waals surface area (Å²) in [6, 6.07) is 7.42. The van der Waals surface area contributed by atoms with E-state index in [0.717, 1.165) is 30.3 Å². The molecule has 0 bridgehead atoms. The molecule has 5 rings (SSSR count). The molecule has 0 atom stereocenters. The zero-order valence-corrected chi connectivity index (χ0v) is 21.2. The van der Waals surface area contributed by atoms with Crippen LogP contribution in [0.15, 0.2) is 52.5 Å². The van der Waals surface area contributed by atoms with E-state index in [9.17, 15) is 15.0 Å². The van der Waals surface area contributed by atoms with Crippen LogP contribution in [-0.2, 0) is 6.54 Å². The van der Waals surface area contributed by atoms with Gasteiger partial charge in [-0.05, 0) is 37.1 Å². The molecular weight excluding hydrogens is 531 g/mol. The summed E-state index contributed by atoms with van der Waals surface area (Å²) in [5.74, 6) is -2.64. The number of fused-ring (bicyclic) bond motifs is 1. The van der Waals surface area contributed by atoms with E-state index in [2.05, 4.69) is 5.10 Å². The van der Waals surface area contributed by atoms with Crippen LogP contribution >= 0.6 is 23.4 Å². The van der Waals surface area contributed by atoms with E-state index < -0.39 is 28.6 Å². The molecule has 2 heterocycles. The van der Waals surface area contributed by atoms with Gasteiger partial charge in [-0.25, -0.2) is 13.6 Å². The van der Waals surface area contributed by atoms with Crippen LogP contribution in [0, 0.1) is 17.0 Å². The number of aromatic carboxylic acids is 1. The second-order valence-electron chi connectivity index (χ2n) is 9.82. The van der Waals surface area contributed by atoms with Crippen molar-refractivity contribution in [3.05, 3.63) is 70.6 Å². The Morgan fingerprint density at radius 1 is 1.22 bits per heavy atom. The summed E-state index contributed by atoms with van der Waals surface area (Å²) in [6.07, 6.45) is 5.22. The summed E-state index contributed by atoms with van der Waals surface area (Å²) >= 11 is 7.28. The van der Waals surface area contributed by atoms with Crippen molar-refractivity contribution in [3.8, 4) is 5.69 Å². The summed E-state index contributed by atoms with van der Waals surface area (Å²) < 4.78 is 34.2. The summed E-state index contributed by atoms with van der Waals surface area (Å²) in [7, 11) is 0. The molecule has 2 aromatic carbocycles. The molecule has 0 spiro atoms. The minimum atomic E-state index is -1.35. The van der Waals surface area contributed by atoms with Gasteiger partial charge < -0.3 is 14.8 Å². The molecule has 0 aliphatic heterocycles. The number of aliphatic hydroxyl groups is 1. The van der Waals surface area contributed by atoms with Gasteiger partial charge in [0.2, 0.25) is 0 Å². The van der Waals surface area contributed by atoms with Crippen LogP contribution in [0.5, 0.6) is 0 Å². The Hall–Kier alpha value is -1.88. The average molecular weight is 556 g/mol. The van der Waals surface area contributed by atoms with Crippen LogP contribution in [0.2, 0.25) is 5.02 Å². The van der Waals surface area contributed by atoms with Gasteiger partial charge in [-0.15, -0.1) is 0 Å². The number of rotatable bonds is 8. The van der Waals surface area contributed by atoms with Gasteiger partial charge in [0.1, 0.15) is 0 Å². The first-order valence-electron chi connectivity index (χ1n) is 11.5. The molecule has 1 fully saturated rings. The van der Waals surface area contributed by atoms with E-state index in [0.29, 0.717) is 22.5 Å². The molecule has 2 aromatic heterocycles. The van der Waals surface area contributed by atoms with Gasteiger partial charge in [-0.3, -0.25) is 4.68 Å². The maximum atomic E-state index is 15.6. The fraction of sp³-hybridized carbons (Fsp3) is 0.308. The summed E-state index contributed by atoms with van der Waals surface area (Å²) in [5.41, 5.74) is 0.894. The molecule has 190 valence electrons. The fourth-order valence-corrected chi connectivity index (χ4v) is 5.67. The molecule has 1 aliphatic rings. The fourth-order valence-electron chi connectivity index (χ4n) is 4.31. The van der Waals surface area contributed by atoms with Crippen molar-refractivity contribution in [1.29, 1.82) is 0 Å². The van der Waals surface area contributed by atoms with E-state index in [1.165, 1.54) is 24.3 Å². The van der Waals surface area contributed by atoms with Crippen molar-refractivity contribution in [2.24, 2.45) is 5.41 Å². The molecule has 1 saturated carbocycles. The summed E-state index contributed by atoms with van der Waals surface area (Å²) in [6.45, 7) is 4.28. The van der Waals surface area contributed by atoms with E-state index in [4.69, 9.17) is 11.6 Å². The number of carbonyl (C=O) groups is 1. The third-order valence-electron chi connectivity index (χ3n) is 6.28. The Morgan fingerprint density at radius 2 is 1.95 bits per heavy atom. The first-order chi connectivity index (χ1) is 17.1. The molecule has 0 saturated heterocycles. The van der Waals surface area contributed by atoms with Crippen LogP contribution in [0.1, 0.15) is 48.7 Å². The Morgan fingerprint density at radius 3 is 2.59 bits per heavy atom. The molecule has 0 radical (unpaired) electrons. The number of benzene rings is 2. The zero-order chi connectivity index (χ0) is 25.8. The normalized spacial score (nSPS) is 13.7. The monoisotopic (exact) mass is 555 g/mol. The molecule has 11 heteroatoms. The van der Waals surface area contributed by atoms with Gasteiger partial charge in [0, 0.05) is 51.6 Å². The number of aliphatic hydroxyl groups excluding tert-OH is 1. The van der Waals surface area contributed by atoms with E-state index in [-0.39, 0.29) is 57.5 Å². The molecule has 0 unspecified atom stereocenters. The topological polar surface area (TPSA) is 80.3 Å². The third kappa shape index (κ3) is 5.35. The number of carboxylic acid groups (broad SMARTS) is 1. The number of hydrogen-bond acceptors (Lipinski definition) is 4. The second kappa shape index (κ2) is 10.7. The summed E-state index contributed by atoms with van der Waals surface area (Å²) in [5, 5.41) is 24.0. The number of halogens is 3. The Bertz CT molecular complexity index is 1500. The van der Waals surface area contributed by atoms with Gasteiger partial charge in [-0.1, -0.05) is 43.3 Å². The number of hydrogen-bond donors (Lipinski definition) is 2. The average Bonchev–Trinajstić information content (AvgIpc) is 3.49. The first kappa shape index (κ1) is 28.1. The predicted octanol–water partition coefficient (Wildman–Crippen LogP) is 5.86. The predicted molar refractivity (Wildman–Crippen MR) is 142 cm³/mol. The van der Waals surface area contributed by atoms with Crippen molar-refractivity contribution in [1.82, 2.24) is 14.3 Å². The Kier molecular flexibility index (Phi) is 8.14. The minimum absolute atomic E-state index is 0. The van der Waals surface area contributed by atoms with Crippen molar-refractivity contribution >= 4 is 69.8 Å². The van der Waals surface area contributed by atoms with Crippen LogP contribution < -0.4 is 0 Å². The quantitative estimate of drug-likeness (QED) is 0.266. The molecular formula is C26H25ClF2N3NaO3S. The molecule has 1 aliphatic carbocycles. The number of nitrogens with zero attached hydrogens (tertiary/aromatic N) is 3. The first-order valence-corrected chi connectivity index (χ1v) is 12.7. The van der Waals surface area contributed by atoms with Gasteiger partial charge in [-0.2, -0.15) is 5.10 Å². The Labute approximate surface area is 243 Å². The van der Waals surface area contributed by atoms with Gasteiger partial charge in [0.15, 0.2) is 11.6 Å². The number of carboxylic acids is 1. The van der Waals surface area contributed by atoms with Gasteiger partial charge >= 0.3 is 35.5 Å². The summed E-state index contributed by atoms with van der Waals surface area (Å²) in [4.78, 5) is 12.3. The van der Waals surface area contributed by atoms with E-state index >= 15 is 8.78 Å². The molecule has 37 heavy (non-hydrogen) atoms. The van der Waals surface area contributed by atoms with Crippen molar-refractivity contribution < 1.29 is 23.8 Å². The molecule has 2 N–H and O–H groups in total. The van der Waals surface area contributed by atoms with Crippen molar-refractivity contribution in [2.75, 3.05) is 6.61 Å². The molecule has 4 aromatic rings.